The van der Waals surface area contributed by atoms with Gasteiger partial charge in [0.2, 0.25) is 0 Å². The van der Waals surface area contributed by atoms with Crippen LogP contribution in [0, 0.1) is 6.92 Å². The second kappa shape index (κ2) is 11.8. The van der Waals surface area contributed by atoms with Crippen LogP contribution in [0.1, 0.15) is 26.3 Å². The van der Waals surface area contributed by atoms with Gasteiger partial charge < -0.3 is 29.8 Å². The van der Waals surface area contributed by atoms with Crippen LogP contribution in [-0.2, 0) is 21.7 Å². The molecule has 2 aromatic carbocycles. The number of rotatable bonds is 1. The van der Waals surface area contributed by atoms with Crippen molar-refractivity contribution in [2.75, 3.05) is 0 Å². The van der Waals surface area contributed by atoms with E-state index in [4.69, 9.17) is 0 Å². The summed E-state index contributed by atoms with van der Waals surface area (Å²) in [4.78, 5) is 4.55. The van der Waals surface area contributed by atoms with E-state index in [-0.39, 0.29) is 52.1 Å². The molecule has 2 aromatic rings. The fraction of sp³-hybridized carbons (Fsp3) is 0.438. The monoisotopic (exact) mass is 377 g/mol. The van der Waals surface area contributed by atoms with Crippen molar-refractivity contribution in [2.45, 2.75) is 46.3 Å². The maximum Gasteiger partial charge on any atom is 4.00 e. The normalized spacial score (nSPS) is 9.86. The Hall–Kier alpha value is 0.301. The summed E-state index contributed by atoms with van der Waals surface area (Å²) in [6.45, 7) is 13.1. The van der Waals surface area contributed by atoms with E-state index in [1.807, 2.05) is 0 Å². The molecule has 0 aliphatic carbocycles. The van der Waals surface area contributed by atoms with E-state index in [9.17, 15) is 0 Å². The summed E-state index contributed by atoms with van der Waals surface area (Å²) in [5.74, 6) is 0. The van der Waals surface area contributed by atoms with Gasteiger partial charge in [-0.05, 0) is 0 Å². The van der Waals surface area contributed by atoms with Crippen molar-refractivity contribution >= 4 is 19.7 Å². The Morgan fingerprint density at radius 3 is 1.95 bits per heavy atom. The molecule has 2 rings (SSSR count). The number of fused-ring (bicyclic) bond motifs is 1. The van der Waals surface area contributed by atoms with Gasteiger partial charge in [-0.1, -0.05) is 55.8 Å². The third-order valence-corrected chi connectivity index (χ3v) is 3.70. The van der Waals surface area contributed by atoms with E-state index in [0.29, 0.717) is 0 Å². The van der Waals surface area contributed by atoms with Gasteiger partial charge >= 0.3 is 21.7 Å². The first kappa shape index (κ1) is 26.2. The van der Waals surface area contributed by atoms with E-state index >= 15 is 0 Å². The zero-order chi connectivity index (χ0) is 13.8. The van der Waals surface area contributed by atoms with Crippen molar-refractivity contribution in [3.63, 3.8) is 0 Å². The van der Waals surface area contributed by atoms with E-state index in [0.717, 1.165) is 0 Å². The molecular formula is C16H25Cl2NSiTi. The molecule has 0 bridgehead atoms. The molecule has 0 saturated carbocycles. The predicted octanol–water partition coefficient (Wildman–Crippen LogP) is -0.985. The van der Waals surface area contributed by atoms with Crippen LogP contribution in [-0.4, -0.2) is 14.5 Å². The van der Waals surface area contributed by atoms with Crippen LogP contribution >= 0.6 is 0 Å². The maximum atomic E-state index is 4.55. The standard InChI is InChI=1S/C10H9.C6H16NSi.2ClH.Ti/c1-8-6-9-4-2-3-5-10(9)7-8;1-6(2,3)7-8(4)5;;;/h2-7H,1H3;8H,1-5H3;2*1H;/q2*-1;;;+4/p-2. The first-order chi connectivity index (χ1) is 8.28. The average Bonchev–Trinajstić information content (AvgIpc) is 2.54. The molecule has 0 radical (unpaired) electrons. The molecule has 0 unspecified atom stereocenters. The van der Waals surface area contributed by atoms with Gasteiger partial charge in [0.25, 0.3) is 0 Å². The molecule has 0 atom stereocenters. The van der Waals surface area contributed by atoms with E-state index in [1.165, 1.54) is 16.3 Å². The van der Waals surface area contributed by atoms with Crippen LogP contribution in [0.25, 0.3) is 15.8 Å². The SMILES string of the molecule is C[SiH](C)[N-]C(C)(C)C.Cc1cc2ccccc2[cH-]1.[Cl-].[Cl-].[Ti+4]. The number of aryl methyl sites for hydroxylation is 1. The van der Waals surface area contributed by atoms with Gasteiger partial charge in [0.1, 0.15) is 0 Å². The molecule has 0 fully saturated rings. The molecule has 0 aliphatic rings. The molecule has 0 aromatic heterocycles. The van der Waals surface area contributed by atoms with Crippen LogP contribution < -0.4 is 24.8 Å². The first-order valence-electron chi connectivity index (χ1n) is 6.62. The Morgan fingerprint density at radius 1 is 1.05 bits per heavy atom. The molecule has 0 amide bonds. The number of hydrogen-bond donors (Lipinski definition) is 0. The largest absolute Gasteiger partial charge is 4.00 e. The summed E-state index contributed by atoms with van der Waals surface area (Å²) in [5.41, 5.74) is 1.56. The molecule has 5 heteroatoms. The van der Waals surface area contributed by atoms with Crippen molar-refractivity contribution in [3.8, 4) is 0 Å². The molecule has 116 valence electrons. The topological polar surface area (TPSA) is 14.1 Å². The minimum Gasteiger partial charge on any atom is -1.00 e. The van der Waals surface area contributed by atoms with E-state index < -0.39 is 8.96 Å². The molecule has 0 spiro atoms. The summed E-state index contributed by atoms with van der Waals surface area (Å²) in [6, 6.07) is 12.8. The molecule has 1 nitrogen and oxygen atoms in total. The van der Waals surface area contributed by atoms with Gasteiger partial charge in [-0.15, -0.1) is 46.1 Å². The van der Waals surface area contributed by atoms with Crippen LogP contribution in [0.4, 0.5) is 0 Å². The quantitative estimate of drug-likeness (QED) is 0.447. The molecule has 0 heterocycles. The van der Waals surface area contributed by atoms with Crippen molar-refractivity contribution in [2.24, 2.45) is 0 Å². The first-order valence-corrected chi connectivity index (χ1v) is 9.44. The zero-order valence-electron chi connectivity index (χ0n) is 13.7. The number of nitrogens with zero attached hydrogens (tertiary/aromatic N) is 1. The summed E-state index contributed by atoms with van der Waals surface area (Å²) < 4.78 is 0. The summed E-state index contributed by atoms with van der Waals surface area (Å²) in [6.07, 6.45) is 0. The Bertz CT molecular complexity index is 459. The summed E-state index contributed by atoms with van der Waals surface area (Å²) in [5, 5.41) is 2.69. The van der Waals surface area contributed by atoms with E-state index in [2.05, 4.69) is 82.2 Å². The van der Waals surface area contributed by atoms with E-state index in [1.54, 1.807) is 0 Å². The molecule has 0 saturated heterocycles. The molecule has 21 heavy (non-hydrogen) atoms. The van der Waals surface area contributed by atoms with Gasteiger partial charge in [-0.3, -0.25) is 0 Å². The number of halogens is 2. The number of hydrogen-bond acceptors (Lipinski definition) is 0. The Labute approximate surface area is 159 Å². The summed E-state index contributed by atoms with van der Waals surface area (Å²) in [7, 11) is -0.671. The van der Waals surface area contributed by atoms with Crippen LogP contribution in [0.3, 0.4) is 0 Å². The fourth-order valence-electron chi connectivity index (χ4n) is 2.08. The van der Waals surface area contributed by atoms with Crippen molar-refractivity contribution in [1.82, 2.24) is 0 Å². The average molecular weight is 378 g/mol. The van der Waals surface area contributed by atoms with Crippen LogP contribution in [0.5, 0.6) is 0 Å². The van der Waals surface area contributed by atoms with Crippen molar-refractivity contribution in [3.05, 3.63) is 46.9 Å². The second-order valence-electron chi connectivity index (χ2n) is 6.06. The fourth-order valence-corrected chi connectivity index (χ4v) is 3.63. The Morgan fingerprint density at radius 2 is 1.57 bits per heavy atom. The maximum absolute atomic E-state index is 4.55. The predicted molar refractivity (Wildman–Crippen MR) is 86.3 cm³/mol. The van der Waals surface area contributed by atoms with Gasteiger partial charge in [0.05, 0.1) is 0 Å². The molecule has 0 N–H and O–H groups in total. The Balaban J connectivity index is -0.000000277. The molecule has 0 aliphatic heterocycles. The van der Waals surface area contributed by atoms with Crippen LogP contribution in [0.15, 0.2) is 36.4 Å². The van der Waals surface area contributed by atoms with Crippen LogP contribution in [0.2, 0.25) is 13.1 Å². The summed E-state index contributed by atoms with van der Waals surface area (Å²) >= 11 is 0. The van der Waals surface area contributed by atoms with Crippen molar-refractivity contribution < 1.29 is 46.5 Å². The second-order valence-corrected chi connectivity index (χ2v) is 8.50. The minimum absolute atomic E-state index is 0. The third-order valence-electron chi connectivity index (χ3n) is 2.41. The van der Waals surface area contributed by atoms with Gasteiger partial charge in [-0.25, -0.2) is 0 Å². The smallest absolute Gasteiger partial charge is 1.00 e. The zero-order valence-corrected chi connectivity index (χ0v) is 18.0. The molecular weight excluding hydrogens is 353 g/mol. The van der Waals surface area contributed by atoms with Gasteiger partial charge in [-0.2, -0.15) is 6.07 Å². The van der Waals surface area contributed by atoms with Crippen molar-refractivity contribution in [1.29, 1.82) is 0 Å². The minimum atomic E-state index is -0.671. The van der Waals surface area contributed by atoms with Gasteiger partial charge in [0, 0.05) is 0 Å². The Kier molecular flexibility index (Phi) is 14.7. The third kappa shape index (κ3) is 11.5. The number of benzene rings is 1. The van der Waals surface area contributed by atoms with Gasteiger partial charge in [0.15, 0.2) is 0 Å².